The van der Waals surface area contributed by atoms with E-state index in [0.29, 0.717) is 28.0 Å². The molecule has 0 saturated heterocycles. The first-order valence-corrected chi connectivity index (χ1v) is 9.44. The van der Waals surface area contributed by atoms with Gasteiger partial charge in [0.05, 0.1) is 5.56 Å². The van der Waals surface area contributed by atoms with Gasteiger partial charge in [0.25, 0.3) is 0 Å². The fourth-order valence-corrected chi connectivity index (χ4v) is 3.38. The second-order valence-electron chi connectivity index (χ2n) is 6.37. The molecule has 5 nitrogen and oxygen atoms in total. The second kappa shape index (κ2) is 8.41. The van der Waals surface area contributed by atoms with Crippen LogP contribution in [0.5, 0.6) is 0 Å². The molecule has 0 spiro atoms. The summed E-state index contributed by atoms with van der Waals surface area (Å²) in [4.78, 5) is 4.59. The zero-order chi connectivity index (χ0) is 20.0. The average Bonchev–Trinajstić information content (AvgIpc) is 3.07. The molecule has 0 radical (unpaired) electrons. The molecule has 2 aromatic heterocycles. The summed E-state index contributed by atoms with van der Waals surface area (Å²) >= 11 is -2.34. The minimum absolute atomic E-state index is 0. The average molecular weight is 421 g/mol. The summed E-state index contributed by atoms with van der Waals surface area (Å²) in [5, 5.41) is 4.63. The second-order valence-corrected chi connectivity index (χ2v) is 7.31. The van der Waals surface area contributed by atoms with Crippen molar-refractivity contribution in [2.45, 2.75) is 18.7 Å². The van der Waals surface area contributed by atoms with Gasteiger partial charge in [-0.1, -0.05) is 18.2 Å². The third-order valence-corrected chi connectivity index (χ3v) is 5.32. The Morgan fingerprint density at radius 2 is 1.66 bits per heavy atom. The largest absolute Gasteiger partial charge is 1.00 e. The van der Waals surface area contributed by atoms with Crippen molar-refractivity contribution in [2.24, 2.45) is 0 Å². The number of aromatic nitrogens is 3. The van der Waals surface area contributed by atoms with Crippen molar-refractivity contribution in [2.75, 3.05) is 0 Å². The van der Waals surface area contributed by atoms with Crippen molar-refractivity contribution >= 4 is 16.7 Å². The number of rotatable bonds is 3. The van der Waals surface area contributed by atoms with Crippen LogP contribution in [0.15, 0.2) is 53.6 Å². The van der Waals surface area contributed by atoms with Gasteiger partial charge in [-0.2, -0.15) is 5.10 Å². The summed E-state index contributed by atoms with van der Waals surface area (Å²) in [5.74, 6) is -1.91. The maximum atomic E-state index is 13.9. The van der Waals surface area contributed by atoms with Crippen molar-refractivity contribution in [1.82, 2.24) is 14.6 Å². The molecule has 0 aliphatic rings. The van der Waals surface area contributed by atoms with Crippen LogP contribution >= 0.6 is 0 Å². The summed E-state index contributed by atoms with van der Waals surface area (Å²) in [6.45, 7) is 3.79. The molecule has 0 N–H and O–H groups in total. The van der Waals surface area contributed by atoms with Crippen molar-refractivity contribution in [3.63, 3.8) is 0 Å². The molecule has 0 fully saturated rings. The van der Waals surface area contributed by atoms with Crippen molar-refractivity contribution in [3.05, 3.63) is 71.6 Å². The summed E-state index contributed by atoms with van der Waals surface area (Å²) in [6.07, 6.45) is 1.70. The standard InChI is InChI=1S/C20H15F2N3O2S.Na/c1-11-10-23-20-18(14-5-8-16(21)17(22)9-14)19(24-25(20)12(11)2)13-3-6-15(7-4-13)28(26)27;/h3-10H,1-2H3,(H,26,27);/q;+1/p-1. The molecule has 2 aromatic carbocycles. The van der Waals surface area contributed by atoms with Gasteiger partial charge in [0, 0.05) is 22.3 Å². The van der Waals surface area contributed by atoms with Gasteiger partial charge in [0.15, 0.2) is 17.3 Å². The monoisotopic (exact) mass is 421 g/mol. The molecular weight excluding hydrogens is 407 g/mol. The van der Waals surface area contributed by atoms with Gasteiger partial charge in [-0.3, -0.25) is 4.21 Å². The molecule has 0 saturated carbocycles. The first-order chi connectivity index (χ1) is 13.4. The van der Waals surface area contributed by atoms with E-state index in [0.717, 1.165) is 23.4 Å². The van der Waals surface area contributed by atoms with E-state index in [-0.39, 0.29) is 34.5 Å². The fourth-order valence-electron chi connectivity index (χ4n) is 3.02. The van der Waals surface area contributed by atoms with Gasteiger partial charge in [0.1, 0.15) is 5.69 Å². The van der Waals surface area contributed by atoms with E-state index in [1.54, 1.807) is 22.8 Å². The predicted octanol–water partition coefficient (Wildman–Crippen LogP) is 1.20. The molecule has 29 heavy (non-hydrogen) atoms. The minimum Gasteiger partial charge on any atom is -0.768 e. The smallest absolute Gasteiger partial charge is 0.768 e. The molecule has 142 valence electrons. The number of halogens is 2. The summed E-state index contributed by atoms with van der Waals surface area (Å²) in [7, 11) is 0. The van der Waals surface area contributed by atoms with E-state index < -0.39 is 22.7 Å². The summed E-state index contributed by atoms with van der Waals surface area (Å²) in [5.41, 5.74) is 4.38. The Hall–Kier alpha value is -1.97. The Morgan fingerprint density at radius 1 is 1.00 bits per heavy atom. The Kier molecular flexibility index (Phi) is 6.30. The Morgan fingerprint density at radius 3 is 2.28 bits per heavy atom. The third kappa shape index (κ3) is 3.91. The predicted molar refractivity (Wildman–Crippen MR) is 100 cm³/mol. The molecule has 9 heteroatoms. The van der Waals surface area contributed by atoms with Gasteiger partial charge in [0.2, 0.25) is 0 Å². The number of fused-ring (bicyclic) bond motifs is 1. The van der Waals surface area contributed by atoms with Crippen LogP contribution in [0, 0.1) is 25.5 Å². The number of hydrogen-bond donors (Lipinski definition) is 0. The van der Waals surface area contributed by atoms with Gasteiger partial charge in [-0.15, -0.1) is 0 Å². The Balaban J connectivity index is 0.00000240. The zero-order valence-electron chi connectivity index (χ0n) is 15.9. The van der Waals surface area contributed by atoms with Gasteiger partial charge >= 0.3 is 29.6 Å². The van der Waals surface area contributed by atoms with E-state index in [2.05, 4.69) is 10.1 Å². The Labute approximate surface area is 190 Å². The quantitative estimate of drug-likeness (QED) is 0.368. The van der Waals surface area contributed by atoms with Crippen LogP contribution in [0.1, 0.15) is 11.3 Å². The zero-order valence-corrected chi connectivity index (χ0v) is 18.8. The van der Waals surface area contributed by atoms with Crippen LogP contribution in [0.25, 0.3) is 28.0 Å². The SMILES string of the molecule is Cc1cnc2c(-c3ccc(F)c(F)c3)c(-c3ccc(S(=O)[O-])cc3)nn2c1C.[Na+]. The molecule has 0 bridgehead atoms. The van der Waals surface area contributed by atoms with Crippen molar-refractivity contribution in [3.8, 4) is 22.4 Å². The van der Waals surface area contributed by atoms with E-state index >= 15 is 0 Å². The number of hydrogen-bond acceptors (Lipinski definition) is 4. The van der Waals surface area contributed by atoms with Crippen LogP contribution in [0.2, 0.25) is 0 Å². The molecule has 1 atom stereocenters. The van der Waals surface area contributed by atoms with Crippen molar-refractivity contribution in [1.29, 1.82) is 0 Å². The molecule has 4 rings (SSSR count). The molecule has 0 aliphatic heterocycles. The normalized spacial score (nSPS) is 12.0. The van der Waals surface area contributed by atoms with E-state index in [4.69, 9.17) is 0 Å². The minimum atomic E-state index is -2.34. The maximum absolute atomic E-state index is 13.9. The first kappa shape index (κ1) is 21.7. The number of benzene rings is 2. The maximum Gasteiger partial charge on any atom is 1.00 e. The Bertz CT molecular complexity index is 1240. The van der Waals surface area contributed by atoms with E-state index in [1.807, 2.05) is 13.8 Å². The van der Waals surface area contributed by atoms with Crippen LogP contribution in [-0.4, -0.2) is 23.4 Å². The molecule has 0 aliphatic carbocycles. The summed E-state index contributed by atoms with van der Waals surface area (Å²) in [6, 6.07) is 9.80. The van der Waals surface area contributed by atoms with Crippen LogP contribution in [-0.2, 0) is 11.1 Å². The molecule has 0 amide bonds. The van der Waals surface area contributed by atoms with Gasteiger partial charge in [-0.05, 0) is 60.3 Å². The molecule has 4 aromatic rings. The van der Waals surface area contributed by atoms with Crippen molar-refractivity contribution < 1.29 is 47.1 Å². The van der Waals surface area contributed by atoms with Gasteiger partial charge in [-0.25, -0.2) is 18.3 Å². The number of nitrogens with zero attached hydrogens (tertiary/aromatic N) is 3. The topological polar surface area (TPSA) is 70.3 Å². The first-order valence-electron chi connectivity index (χ1n) is 8.37. The molecular formula is C20H14F2N3NaO2S. The fraction of sp³-hybridized carbons (Fsp3) is 0.100. The van der Waals surface area contributed by atoms with Crippen LogP contribution < -0.4 is 29.6 Å². The van der Waals surface area contributed by atoms with Gasteiger partial charge < -0.3 is 4.55 Å². The third-order valence-electron chi connectivity index (χ3n) is 4.66. The molecule has 2 heterocycles. The molecule has 1 unspecified atom stereocenters. The van der Waals surface area contributed by atoms with E-state index in [1.165, 1.54) is 18.2 Å². The van der Waals surface area contributed by atoms with E-state index in [9.17, 15) is 17.5 Å². The van der Waals surface area contributed by atoms with Crippen LogP contribution in [0.4, 0.5) is 8.78 Å². The summed E-state index contributed by atoms with van der Waals surface area (Å²) < 4.78 is 51.2. The van der Waals surface area contributed by atoms with Crippen LogP contribution in [0.3, 0.4) is 0 Å². The number of aryl methyl sites for hydroxylation is 2.